The highest BCUT2D eigenvalue weighted by Gasteiger charge is 2.13. The Kier molecular flexibility index (Phi) is 4.74. The number of hydrazine groups is 1. The molecule has 5 heteroatoms. The maximum Gasteiger partial charge on any atom is 0.0492 e. The van der Waals surface area contributed by atoms with Crippen LogP contribution in [0.5, 0.6) is 0 Å². The normalized spacial score (nSPS) is 12.6. The van der Waals surface area contributed by atoms with Crippen LogP contribution in [-0.4, -0.2) is 9.78 Å². The summed E-state index contributed by atoms with van der Waals surface area (Å²) in [4.78, 5) is 0. The van der Waals surface area contributed by atoms with Crippen LogP contribution in [0.3, 0.4) is 0 Å². The van der Waals surface area contributed by atoms with Crippen LogP contribution in [0.2, 0.25) is 0 Å². The summed E-state index contributed by atoms with van der Waals surface area (Å²) in [5.41, 5.74) is 6.62. The van der Waals surface area contributed by atoms with Gasteiger partial charge in [0.1, 0.15) is 0 Å². The van der Waals surface area contributed by atoms with E-state index in [1.165, 1.54) is 16.8 Å². The number of rotatable bonds is 5. The van der Waals surface area contributed by atoms with E-state index in [0.29, 0.717) is 0 Å². The highest BCUT2D eigenvalue weighted by atomic mass is 79.9. The molecule has 2 rings (SSSR count). The molecule has 0 amide bonds. The number of nitrogens with zero attached hydrogens (tertiary/aromatic N) is 2. The van der Waals surface area contributed by atoms with Gasteiger partial charge in [-0.1, -0.05) is 22.0 Å². The monoisotopic (exact) mass is 322 g/mol. The van der Waals surface area contributed by atoms with E-state index in [-0.39, 0.29) is 6.04 Å². The number of nitrogens with one attached hydrogen (secondary N) is 1. The largest absolute Gasteiger partial charge is 0.273 e. The third-order valence-electron chi connectivity index (χ3n) is 3.43. The second kappa shape index (κ2) is 6.32. The summed E-state index contributed by atoms with van der Waals surface area (Å²) in [5, 5.41) is 4.18. The van der Waals surface area contributed by atoms with Crippen molar-refractivity contribution >= 4 is 15.9 Å². The van der Waals surface area contributed by atoms with Gasteiger partial charge in [-0.3, -0.25) is 16.0 Å². The van der Waals surface area contributed by atoms with E-state index in [1.54, 1.807) is 0 Å². The lowest BCUT2D eigenvalue weighted by molar-refractivity contribution is 0.504. The lowest BCUT2D eigenvalue weighted by atomic mass is 9.97. The van der Waals surface area contributed by atoms with Crippen molar-refractivity contribution in [3.8, 4) is 0 Å². The van der Waals surface area contributed by atoms with Gasteiger partial charge in [0.25, 0.3) is 0 Å². The Morgan fingerprint density at radius 2 is 2.21 bits per heavy atom. The fourth-order valence-corrected chi connectivity index (χ4v) is 2.63. The molecule has 0 spiro atoms. The van der Waals surface area contributed by atoms with E-state index in [4.69, 9.17) is 5.84 Å². The first kappa shape index (κ1) is 14.2. The van der Waals surface area contributed by atoms with Gasteiger partial charge >= 0.3 is 0 Å². The zero-order chi connectivity index (χ0) is 13.8. The van der Waals surface area contributed by atoms with Gasteiger partial charge in [-0.05, 0) is 49.1 Å². The van der Waals surface area contributed by atoms with Crippen molar-refractivity contribution in [2.45, 2.75) is 25.8 Å². The molecule has 0 bridgehead atoms. The van der Waals surface area contributed by atoms with Crippen molar-refractivity contribution in [2.75, 3.05) is 0 Å². The summed E-state index contributed by atoms with van der Waals surface area (Å²) in [6.45, 7) is 2.11. The number of halogens is 1. The highest BCUT2D eigenvalue weighted by Crippen LogP contribution is 2.25. The van der Waals surface area contributed by atoms with Crippen LogP contribution in [0.4, 0.5) is 0 Å². The van der Waals surface area contributed by atoms with Gasteiger partial charge in [-0.2, -0.15) is 5.10 Å². The number of aryl methyl sites for hydroxylation is 3. The maximum atomic E-state index is 5.71. The molecule has 0 radical (unpaired) electrons. The molecule has 102 valence electrons. The maximum absolute atomic E-state index is 5.71. The molecule has 0 saturated carbocycles. The first-order valence-corrected chi connectivity index (χ1v) is 7.10. The van der Waals surface area contributed by atoms with Crippen LogP contribution in [0.25, 0.3) is 0 Å². The summed E-state index contributed by atoms with van der Waals surface area (Å²) in [5.74, 6) is 5.71. The fraction of sp³-hybridized carbons (Fsp3) is 0.357. The second-order valence-corrected chi connectivity index (χ2v) is 5.62. The van der Waals surface area contributed by atoms with Crippen LogP contribution in [0.1, 0.15) is 29.3 Å². The molecule has 0 aliphatic carbocycles. The fourth-order valence-electron chi connectivity index (χ4n) is 2.25. The van der Waals surface area contributed by atoms with Crippen LogP contribution < -0.4 is 11.3 Å². The van der Waals surface area contributed by atoms with E-state index in [1.807, 2.05) is 30.1 Å². The van der Waals surface area contributed by atoms with E-state index < -0.39 is 0 Å². The molecular formula is C14H19BrN4. The van der Waals surface area contributed by atoms with Gasteiger partial charge in [0.2, 0.25) is 0 Å². The molecule has 0 saturated heterocycles. The van der Waals surface area contributed by atoms with Gasteiger partial charge in [0.15, 0.2) is 0 Å². The van der Waals surface area contributed by atoms with Crippen LogP contribution in [-0.2, 0) is 13.5 Å². The Labute approximate surface area is 122 Å². The zero-order valence-corrected chi connectivity index (χ0v) is 12.8. The summed E-state index contributed by atoms with van der Waals surface area (Å²) < 4.78 is 2.98. The molecule has 1 aromatic carbocycles. The average molecular weight is 323 g/mol. The number of hydrogen-bond acceptors (Lipinski definition) is 3. The van der Waals surface area contributed by atoms with Crippen molar-refractivity contribution < 1.29 is 0 Å². The molecule has 3 N–H and O–H groups in total. The Bertz CT molecular complexity index is 550. The lowest BCUT2D eigenvalue weighted by Crippen LogP contribution is -2.29. The molecule has 1 unspecified atom stereocenters. The molecule has 1 atom stereocenters. The molecular weight excluding hydrogens is 304 g/mol. The Balaban J connectivity index is 2.12. The van der Waals surface area contributed by atoms with Crippen molar-refractivity contribution in [3.05, 3.63) is 51.8 Å². The number of hydrogen-bond donors (Lipinski definition) is 2. The molecule has 4 nitrogen and oxygen atoms in total. The number of aromatic nitrogens is 2. The smallest absolute Gasteiger partial charge is 0.0492 e. The van der Waals surface area contributed by atoms with Crippen LogP contribution in [0, 0.1) is 6.92 Å². The third kappa shape index (κ3) is 3.43. The van der Waals surface area contributed by atoms with Crippen molar-refractivity contribution in [3.63, 3.8) is 0 Å². The second-order valence-electron chi connectivity index (χ2n) is 4.70. The topological polar surface area (TPSA) is 55.9 Å². The van der Waals surface area contributed by atoms with Crippen LogP contribution >= 0.6 is 15.9 Å². The van der Waals surface area contributed by atoms with Gasteiger partial charge in [0, 0.05) is 29.5 Å². The minimum Gasteiger partial charge on any atom is -0.273 e. The standard InChI is InChI=1S/C14H19BrN4/c1-10-3-4-11(15)9-13(10)14(18-16)6-5-12-7-8-17-19(12)2/h3-4,7-9,14,18H,5-6,16H2,1-2H3. The summed E-state index contributed by atoms with van der Waals surface area (Å²) in [7, 11) is 1.96. The molecule has 19 heavy (non-hydrogen) atoms. The minimum atomic E-state index is 0.146. The molecule has 1 aromatic heterocycles. The van der Waals surface area contributed by atoms with E-state index >= 15 is 0 Å². The lowest BCUT2D eigenvalue weighted by Gasteiger charge is -2.19. The Hall–Kier alpha value is -1.17. The SMILES string of the molecule is Cc1ccc(Br)cc1C(CCc1ccnn1C)NN. The molecule has 1 heterocycles. The molecule has 0 aliphatic heterocycles. The van der Waals surface area contributed by atoms with Crippen molar-refractivity contribution in [1.82, 2.24) is 15.2 Å². The number of nitrogens with two attached hydrogens (primary N) is 1. The molecule has 2 aromatic rings. The Morgan fingerprint density at radius 3 is 2.84 bits per heavy atom. The minimum absolute atomic E-state index is 0.146. The van der Waals surface area contributed by atoms with Gasteiger partial charge < -0.3 is 0 Å². The third-order valence-corrected chi connectivity index (χ3v) is 3.92. The predicted octanol–water partition coefficient (Wildman–Crippen LogP) is 2.63. The van der Waals surface area contributed by atoms with Gasteiger partial charge in [-0.25, -0.2) is 0 Å². The van der Waals surface area contributed by atoms with Gasteiger partial charge in [0.05, 0.1) is 0 Å². The first-order valence-electron chi connectivity index (χ1n) is 6.31. The quantitative estimate of drug-likeness (QED) is 0.657. The van der Waals surface area contributed by atoms with Crippen molar-refractivity contribution in [1.29, 1.82) is 0 Å². The molecule has 0 fully saturated rings. The first-order chi connectivity index (χ1) is 9.11. The van der Waals surface area contributed by atoms with Gasteiger partial charge in [-0.15, -0.1) is 0 Å². The summed E-state index contributed by atoms with van der Waals surface area (Å²) >= 11 is 3.51. The average Bonchev–Trinajstić information content (AvgIpc) is 2.80. The van der Waals surface area contributed by atoms with E-state index in [9.17, 15) is 0 Å². The Morgan fingerprint density at radius 1 is 1.42 bits per heavy atom. The predicted molar refractivity (Wildman–Crippen MR) is 80.5 cm³/mol. The van der Waals surface area contributed by atoms with E-state index in [2.05, 4.69) is 45.5 Å². The number of benzene rings is 1. The van der Waals surface area contributed by atoms with E-state index in [0.717, 1.165) is 17.3 Å². The van der Waals surface area contributed by atoms with Crippen LogP contribution in [0.15, 0.2) is 34.9 Å². The summed E-state index contributed by atoms with van der Waals surface area (Å²) in [6, 6.07) is 8.47. The van der Waals surface area contributed by atoms with Crippen molar-refractivity contribution in [2.24, 2.45) is 12.9 Å². The zero-order valence-electron chi connectivity index (χ0n) is 11.2. The highest BCUT2D eigenvalue weighted by molar-refractivity contribution is 9.10. The molecule has 0 aliphatic rings. The summed E-state index contributed by atoms with van der Waals surface area (Å²) in [6.07, 6.45) is 3.70.